The summed E-state index contributed by atoms with van der Waals surface area (Å²) in [4.78, 5) is 25.3. The highest BCUT2D eigenvalue weighted by Crippen LogP contribution is 2.22. The quantitative estimate of drug-likeness (QED) is 0.943. The van der Waals surface area contributed by atoms with Crippen molar-refractivity contribution in [2.45, 2.75) is 19.4 Å². The van der Waals surface area contributed by atoms with Crippen LogP contribution in [0.3, 0.4) is 0 Å². The first-order valence-corrected chi connectivity index (χ1v) is 7.85. The maximum absolute atomic E-state index is 14.4. The molecule has 1 aliphatic heterocycles. The van der Waals surface area contributed by atoms with Gasteiger partial charge in [-0.3, -0.25) is 9.59 Å². The predicted octanol–water partition coefficient (Wildman–Crippen LogP) is 2.76. The zero-order valence-corrected chi connectivity index (χ0v) is 13.7. The molecule has 24 heavy (non-hydrogen) atoms. The fourth-order valence-electron chi connectivity index (χ4n) is 2.85. The Kier molecular flexibility index (Phi) is 4.34. The molecule has 0 bridgehead atoms. The van der Waals surface area contributed by atoms with E-state index in [0.29, 0.717) is 6.54 Å². The average Bonchev–Trinajstić information content (AvgIpc) is 2.85. The van der Waals surface area contributed by atoms with Crippen molar-refractivity contribution < 1.29 is 14.0 Å². The molecule has 1 atom stereocenters. The van der Waals surface area contributed by atoms with Gasteiger partial charge in [0.1, 0.15) is 5.82 Å². The molecule has 2 amide bonds. The third kappa shape index (κ3) is 3.30. The van der Waals surface area contributed by atoms with Crippen LogP contribution in [-0.4, -0.2) is 36.3 Å². The first-order chi connectivity index (χ1) is 11.4. The van der Waals surface area contributed by atoms with Crippen molar-refractivity contribution in [2.75, 3.05) is 13.6 Å². The van der Waals surface area contributed by atoms with Gasteiger partial charge < -0.3 is 10.2 Å². The van der Waals surface area contributed by atoms with Crippen LogP contribution in [0.1, 0.15) is 22.3 Å². The van der Waals surface area contributed by atoms with Crippen molar-refractivity contribution >= 4 is 11.8 Å². The summed E-state index contributed by atoms with van der Waals surface area (Å²) >= 11 is 0. The van der Waals surface area contributed by atoms with Gasteiger partial charge in [-0.15, -0.1) is 0 Å². The highest BCUT2D eigenvalue weighted by molar-refractivity contribution is 5.95. The average molecular weight is 326 g/mol. The van der Waals surface area contributed by atoms with Crippen LogP contribution in [0.5, 0.6) is 0 Å². The van der Waals surface area contributed by atoms with Gasteiger partial charge >= 0.3 is 0 Å². The molecule has 0 spiro atoms. The van der Waals surface area contributed by atoms with E-state index in [-0.39, 0.29) is 23.9 Å². The number of nitrogens with zero attached hydrogens (tertiary/aromatic N) is 1. The number of halogens is 1. The molecule has 0 aliphatic carbocycles. The van der Waals surface area contributed by atoms with E-state index in [2.05, 4.69) is 5.32 Å². The summed E-state index contributed by atoms with van der Waals surface area (Å²) in [6, 6.07) is 12.1. The molecular formula is C19H19FN2O2. The van der Waals surface area contributed by atoms with Crippen LogP contribution in [0.4, 0.5) is 4.39 Å². The lowest BCUT2D eigenvalue weighted by molar-refractivity contribution is -0.126. The molecule has 124 valence electrons. The number of carbonyl (C=O) groups is 2. The zero-order chi connectivity index (χ0) is 17.3. The van der Waals surface area contributed by atoms with Crippen LogP contribution in [0, 0.1) is 12.7 Å². The van der Waals surface area contributed by atoms with Crippen molar-refractivity contribution in [1.29, 1.82) is 0 Å². The summed E-state index contributed by atoms with van der Waals surface area (Å²) in [7, 11) is 1.69. The minimum Gasteiger partial charge on any atom is -0.347 e. The van der Waals surface area contributed by atoms with Crippen LogP contribution in [0.15, 0.2) is 42.5 Å². The smallest absolute Gasteiger partial charge is 0.254 e. The fourth-order valence-corrected chi connectivity index (χ4v) is 2.85. The minimum atomic E-state index is -0.566. The van der Waals surface area contributed by atoms with Crippen LogP contribution in [0.2, 0.25) is 0 Å². The van der Waals surface area contributed by atoms with Crippen LogP contribution in [0.25, 0.3) is 11.1 Å². The molecule has 1 heterocycles. The summed E-state index contributed by atoms with van der Waals surface area (Å²) in [6.45, 7) is 2.44. The molecule has 5 heteroatoms. The molecule has 2 aromatic rings. The van der Waals surface area contributed by atoms with Crippen molar-refractivity contribution in [1.82, 2.24) is 10.2 Å². The van der Waals surface area contributed by atoms with Crippen LogP contribution < -0.4 is 5.32 Å². The van der Waals surface area contributed by atoms with E-state index in [9.17, 15) is 14.0 Å². The van der Waals surface area contributed by atoms with E-state index in [1.165, 1.54) is 12.1 Å². The molecule has 0 saturated carbocycles. The standard InChI is InChI=1S/C19H19FN2O2/c1-12-3-5-13(6-4-12)14-7-8-16(17(20)9-14)19(24)21-15-10-18(23)22(2)11-15/h3-9,15H,10-11H2,1-2H3,(H,21,24). The van der Waals surface area contributed by atoms with Gasteiger partial charge in [0, 0.05) is 20.0 Å². The van der Waals surface area contributed by atoms with Crippen molar-refractivity contribution in [3.05, 3.63) is 59.4 Å². The lowest BCUT2D eigenvalue weighted by atomic mass is 10.0. The number of likely N-dealkylation sites (N-methyl/N-ethyl adjacent to an activating group) is 1. The van der Waals surface area contributed by atoms with Gasteiger partial charge in [-0.05, 0) is 30.2 Å². The van der Waals surface area contributed by atoms with Gasteiger partial charge in [-0.2, -0.15) is 0 Å². The Morgan fingerprint density at radius 1 is 1.17 bits per heavy atom. The number of carbonyl (C=O) groups excluding carboxylic acids is 2. The molecule has 4 nitrogen and oxygen atoms in total. The first-order valence-electron chi connectivity index (χ1n) is 7.85. The molecule has 1 aliphatic rings. The number of hydrogen-bond acceptors (Lipinski definition) is 2. The minimum absolute atomic E-state index is 0.00661. The maximum atomic E-state index is 14.4. The molecule has 2 aromatic carbocycles. The third-order valence-electron chi connectivity index (χ3n) is 4.27. The molecule has 1 fully saturated rings. The SMILES string of the molecule is Cc1ccc(-c2ccc(C(=O)NC3CC(=O)N(C)C3)c(F)c2)cc1. The Morgan fingerprint density at radius 3 is 2.42 bits per heavy atom. The zero-order valence-electron chi connectivity index (χ0n) is 13.7. The second-order valence-corrected chi connectivity index (χ2v) is 6.21. The number of nitrogens with one attached hydrogen (secondary N) is 1. The lowest BCUT2D eigenvalue weighted by Gasteiger charge is -2.13. The summed E-state index contributed by atoms with van der Waals surface area (Å²) in [5.74, 6) is -1.07. The molecular weight excluding hydrogens is 307 g/mol. The Bertz CT molecular complexity index is 786. The van der Waals surface area contributed by atoms with E-state index in [4.69, 9.17) is 0 Å². The fraction of sp³-hybridized carbons (Fsp3) is 0.263. The molecule has 3 rings (SSSR count). The van der Waals surface area contributed by atoms with Crippen molar-refractivity contribution in [3.63, 3.8) is 0 Å². The second kappa shape index (κ2) is 6.43. The Hall–Kier alpha value is -2.69. The number of rotatable bonds is 3. The highest BCUT2D eigenvalue weighted by atomic mass is 19.1. The summed E-state index contributed by atoms with van der Waals surface area (Å²) in [5, 5.41) is 2.72. The van der Waals surface area contributed by atoms with E-state index in [1.807, 2.05) is 31.2 Å². The molecule has 0 radical (unpaired) electrons. The number of aryl methyl sites for hydroxylation is 1. The number of likely N-dealkylation sites (tertiary alicyclic amines) is 1. The normalized spacial score (nSPS) is 17.2. The largest absolute Gasteiger partial charge is 0.347 e. The Labute approximate surface area is 140 Å². The number of hydrogen-bond donors (Lipinski definition) is 1. The van der Waals surface area contributed by atoms with Gasteiger partial charge in [0.2, 0.25) is 5.91 Å². The molecule has 0 aromatic heterocycles. The number of amides is 2. The van der Waals surface area contributed by atoms with E-state index in [1.54, 1.807) is 18.0 Å². The second-order valence-electron chi connectivity index (χ2n) is 6.21. The Balaban J connectivity index is 1.76. The van der Waals surface area contributed by atoms with E-state index < -0.39 is 11.7 Å². The third-order valence-corrected chi connectivity index (χ3v) is 4.27. The monoisotopic (exact) mass is 326 g/mol. The summed E-state index contributed by atoms with van der Waals surface area (Å²) in [6.07, 6.45) is 0.255. The number of benzene rings is 2. The van der Waals surface area contributed by atoms with Crippen LogP contribution in [-0.2, 0) is 4.79 Å². The molecule has 1 N–H and O–H groups in total. The Morgan fingerprint density at radius 2 is 1.83 bits per heavy atom. The lowest BCUT2D eigenvalue weighted by Crippen LogP contribution is -2.36. The molecule has 1 saturated heterocycles. The predicted molar refractivity (Wildman–Crippen MR) is 90.1 cm³/mol. The van der Waals surface area contributed by atoms with Gasteiger partial charge in [0.15, 0.2) is 0 Å². The maximum Gasteiger partial charge on any atom is 0.254 e. The summed E-state index contributed by atoms with van der Waals surface area (Å²) in [5.41, 5.74) is 2.74. The van der Waals surface area contributed by atoms with Crippen LogP contribution >= 0.6 is 0 Å². The van der Waals surface area contributed by atoms with Gasteiger partial charge in [-0.25, -0.2) is 4.39 Å². The van der Waals surface area contributed by atoms with Gasteiger partial charge in [0.25, 0.3) is 5.91 Å². The van der Waals surface area contributed by atoms with Gasteiger partial charge in [0.05, 0.1) is 11.6 Å². The van der Waals surface area contributed by atoms with Crippen molar-refractivity contribution in [2.24, 2.45) is 0 Å². The van der Waals surface area contributed by atoms with Gasteiger partial charge in [-0.1, -0.05) is 35.9 Å². The topological polar surface area (TPSA) is 49.4 Å². The van der Waals surface area contributed by atoms with E-state index >= 15 is 0 Å². The molecule has 1 unspecified atom stereocenters. The van der Waals surface area contributed by atoms with E-state index in [0.717, 1.165) is 16.7 Å². The highest BCUT2D eigenvalue weighted by Gasteiger charge is 2.28. The first kappa shape index (κ1) is 16.2. The van der Waals surface area contributed by atoms with Crippen molar-refractivity contribution in [3.8, 4) is 11.1 Å². The summed E-state index contributed by atoms with van der Waals surface area (Å²) < 4.78 is 14.4.